The Morgan fingerprint density at radius 3 is 2.73 bits per heavy atom. The second kappa shape index (κ2) is 5.12. The summed E-state index contributed by atoms with van der Waals surface area (Å²) in [5, 5.41) is 0. The number of aryl methyl sites for hydroxylation is 1. The smallest absolute Gasteiger partial charge is 0.416 e. The van der Waals surface area contributed by atoms with Crippen LogP contribution >= 0.6 is 0 Å². The molecule has 6 heteroatoms. The number of rotatable bonds is 1. The maximum Gasteiger partial charge on any atom is 0.416 e. The van der Waals surface area contributed by atoms with Gasteiger partial charge in [0.25, 0.3) is 0 Å². The Kier molecular flexibility index (Phi) is 3.39. The average molecular weight is 307 g/mol. The van der Waals surface area contributed by atoms with Gasteiger partial charge in [-0.3, -0.25) is 9.78 Å². The van der Waals surface area contributed by atoms with Crippen LogP contribution in [-0.2, 0) is 6.18 Å². The molecule has 1 unspecified atom stereocenters. The molecule has 0 amide bonds. The lowest BCUT2D eigenvalue weighted by Crippen LogP contribution is -2.21. The summed E-state index contributed by atoms with van der Waals surface area (Å²) in [7, 11) is 0. The molecule has 0 radical (unpaired) electrons. The molecule has 1 aromatic carbocycles. The Bertz CT molecular complexity index is 740. The van der Waals surface area contributed by atoms with Crippen molar-refractivity contribution in [2.24, 2.45) is 0 Å². The molecule has 0 fully saturated rings. The fourth-order valence-corrected chi connectivity index (χ4v) is 2.40. The van der Waals surface area contributed by atoms with E-state index in [-0.39, 0.29) is 17.9 Å². The van der Waals surface area contributed by atoms with Crippen LogP contribution in [0.4, 0.5) is 13.2 Å². The van der Waals surface area contributed by atoms with Crippen molar-refractivity contribution >= 4 is 5.78 Å². The highest BCUT2D eigenvalue weighted by atomic mass is 19.4. The van der Waals surface area contributed by atoms with Crippen LogP contribution in [0, 0.1) is 6.92 Å². The van der Waals surface area contributed by atoms with E-state index in [2.05, 4.69) is 4.98 Å². The summed E-state index contributed by atoms with van der Waals surface area (Å²) in [6.07, 6.45) is -4.20. The van der Waals surface area contributed by atoms with Crippen LogP contribution < -0.4 is 4.74 Å². The predicted octanol–water partition coefficient (Wildman–Crippen LogP) is 4.12. The number of fused-ring (bicyclic) bond motifs is 1. The van der Waals surface area contributed by atoms with Crippen LogP contribution in [0.3, 0.4) is 0 Å². The number of halogens is 3. The number of benzene rings is 1. The lowest BCUT2D eigenvalue weighted by atomic mass is 9.97. The average Bonchev–Trinajstić information content (AvgIpc) is 2.47. The fraction of sp³-hybridized carbons (Fsp3) is 0.250. The van der Waals surface area contributed by atoms with E-state index >= 15 is 0 Å². The number of aromatic nitrogens is 1. The van der Waals surface area contributed by atoms with E-state index in [1.54, 1.807) is 18.2 Å². The summed E-state index contributed by atoms with van der Waals surface area (Å²) < 4.78 is 43.9. The van der Waals surface area contributed by atoms with E-state index in [1.807, 2.05) is 6.92 Å². The number of Topliss-reactive ketones (excluding diaryl/α,β-unsaturated/α-hetero) is 1. The van der Waals surface area contributed by atoms with E-state index in [1.165, 1.54) is 0 Å². The van der Waals surface area contributed by atoms with Gasteiger partial charge in [-0.25, -0.2) is 0 Å². The van der Waals surface area contributed by atoms with Crippen molar-refractivity contribution in [3.8, 4) is 5.75 Å². The minimum atomic E-state index is -4.45. The fourth-order valence-electron chi connectivity index (χ4n) is 2.40. The van der Waals surface area contributed by atoms with Gasteiger partial charge in [-0.15, -0.1) is 0 Å². The first-order chi connectivity index (χ1) is 10.3. The zero-order valence-electron chi connectivity index (χ0n) is 11.6. The Hall–Kier alpha value is -2.37. The van der Waals surface area contributed by atoms with Gasteiger partial charge in [0.05, 0.1) is 23.2 Å². The molecular weight excluding hydrogens is 295 g/mol. The number of hydrogen-bond acceptors (Lipinski definition) is 3. The molecular formula is C16H12F3NO2. The van der Waals surface area contributed by atoms with E-state index in [4.69, 9.17) is 4.74 Å². The monoisotopic (exact) mass is 307 g/mol. The predicted molar refractivity (Wildman–Crippen MR) is 72.7 cm³/mol. The van der Waals surface area contributed by atoms with Crippen LogP contribution in [0.5, 0.6) is 5.75 Å². The highest BCUT2D eigenvalue weighted by Gasteiger charge is 2.33. The van der Waals surface area contributed by atoms with Gasteiger partial charge in [-0.2, -0.15) is 13.2 Å². The number of ketones is 1. The van der Waals surface area contributed by atoms with Crippen molar-refractivity contribution in [1.82, 2.24) is 4.98 Å². The van der Waals surface area contributed by atoms with E-state index in [0.717, 1.165) is 23.9 Å². The molecule has 0 N–H and O–H groups in total. The standard InChI is InChI=1S/C16H12F3NO2/c1-9-2-3-14-11(6-9)13(21)8-15(22-14)12-7-10(4-5-20-12)16(17,18)19/h2-7,15H,8H2,1H3. The van der Waals surface area contributed by atoms with Crippen molar-refractivity contribution < 1.29 is 22.7 Å². The molecule has 0 bridgehead atoms. The third kappa shape index (κ3) is 2.68. The van der Waals surface area contributed by atoms with Crippen LogP contribution in [0.25, 0.3) is 0 Å². The van der Waals surface area contributed by atoms with Gasteiger partial charge >= 0.3 is 6.18 Å². The van der Waals surface area contributed by atoms with Gasteiger partial charge in [0.1, 0.15) is 11.9 Å². The topological polar surface area (TPSA) is 39.2 Å². The zero-order valence-corrected chi connectivity index (χ0v) is 11.6. The first kappa shape index (κ1) is 14.6. The van der Waals surface area contributed by atoms with Gasteiger partial charge in [-0.05, 0) is 31.2 Å². The molecule has 0 saturated heterocycles. The molecule has 0 aliphatic carbocycles. The number of alkyl halides is 3. The summed E-state index contributed by atoms with van der Waals surface area (Å²) in [4.78, 5) is 16.1. The maximum atomic E-state index is 12.8. The number of carbonyl (C=O) groups is 1. The molecule has 0 saturated carbocycles. The van der Waals surface area contributed by atoms with Crippen LogP contribution in [0.15, 0.2) is 36.5 Å². The molecule has 3 nitrogen and oxygen atoms in total. The Morgan fingerprint density at radius 2 is 2.00 bits per heavy atom. The second-order valence-electron chi connectivity index (χ2n) is 5.20. The van der Waals surface area contributed by atoms with Crippen LogP contribution in [-0.4, -0.2) is 10.8 Å². The Labute approximate surface area is 124 Å². The van der Waals surface area contributed by atoms with Crippen LogP contribution in [0.1, 0.15) is 39.7 Å². The van der Waals surface area contributed by atoms with Gasteiger partial charge in [-0.1, -0.05) is 11.6 Å². The van der Waals surface area contributed by atoms with Gasteiger partial charge in [0.15, 0.2) is 5.78 Å². The summed E-state index contributed by atoms with van der Waals surface area (Å²) in [6, 6.07) is 6.98. The lowest BCUT2D eigenvalue weighted by molar-refractivity contribution is -0.137. The molecule has 1 atom stereocenters. The number of hydrogen-bond donors (Lipinski definition) is 0. The Balaban J connectivity index is 1.95. The molecule has 114 valence electrons. The van der Waals surface area contributed by atoms with Gasteiger partial charge in [0.2, 0.25) is 0 Å². The molecule has 2 aromatic rings. The van der Waals surface area contributed by atoms with Crippen molar-refractivity contribution in [2.75, 3.05) is 0 Å². The number of nitrogens with zero attached hydrogens (tertiary/aromatic N) is 1. The summed E-state index contributed by atoms with van der Waals surface area (Å²) in [5.74, 6) is 0.222. The molecule has 3 rings (SSSR count). The molecule has 0 spiro atoms. The van der Waals surface area contributed by atoms with Gasteiger partial charge < -0.3 is 4.74 Å². The number of pyridine rings is 1. The third-order valence-electron chi connectivity index (χ3n) is 3.51. The highest BCUT2D eigenvalue weighted by molar-refractivity contribution is 6.00. The van der Waals surface area contributed by atoms with Gasteiger partial charge in [0, 0.05) is 6.20 Å². The summed E-state index contributed by atoms with van der Waals surface area (Å²) in [5.41, 5.74) is 0.687. The van der Waals surface area contributed by atoms with Crippen molar-refractivity contribution in [3.63, 3.8) is 0 Å². The second-order valence-corrected chi connectivity index (χ2v) is 5.20. The largest absolute Gasteiger partial charge is 0.483 e. The summed E-state index contributed by atoms with van der Waals surface area (Å²) in [6.45, 7) is 1.86. The molecule has 1 aromatic heterocycles. The molecule has 1 aliphatic rings. The number of ether oxygens (including phenoxy) is 1. The zero-order chi connectivity index (χ0) is 15.9. The van der Waals surface area contributed by atoms with Crippen molar-refractivity contribution in [1.29, 1.82) is 0 Å². The summed E-state index contributed by atoms with van der Waals surface area (Å²) >= 11 is 0. The van der Waals surface area contributed by atoms with E-state index in [9.17, 15) is 18.0 Å². The Morgan fingerprint density at radius 1 is 1.23 bits per heavy atom. The maximum absolute atomic E-state index is 12.8. The first-order valence-electron chi connectivity index (χ1n) is 6.68. The lowest BCUT2D eigenvalue weighted by Gasteiger charge is -2.25. The number of carbonyl (C=O) groups excluding carboxylic acids is 1. The quantitative estimate of drug-likeness (QED) is 0.795. The normalized spacial score (nSPS) is 17.8. The molecule has 22 heavy (non-hydrogen) atoms. The van der Waals surface area contributed by atoms with E-state index in [0.29, 0.717) is 11.3 Å². The highest BCUT2D eigenvalue weighted by Crippen LogP contribution is 2.36. The molecule has 1 aliphatic heterocycles. The van der Waals surface area contributed by atoms with Crippen LogP contribution in [0.2, 0.25) is 0 Å². The minimum Gasteiger partial charge on any atom is -0.483 e. The van der Waals surface area contributed by atoms with E-state index < -0.39 is 17.8 Å². The SMILES string of the molecule is Cc1ccc2c(c1)C(=O)CC(c1cc(C(F)(F)F)ccn1)O2. The third-order valence-corrected chi connectivity index (χ3v) is 3.51. The minimum absolute atomic E-state index is 0.0231. The van der Waals surface area contributed by atoms with Crippen molar-refractivity contribution in [3.05, 3.63) is 58.9 Å². The van der Waals surface area contributed by atoms with Crippen molar-refractivity contribution in [2.45, 2.75) is 25.6 Å². The first-order valence-corrected chi connectivity index (χ1v) is 6.68. The molecule has 2 heterocycles.